The van der Waals surface area contributed by atoms with Crippen LogP contribution in [0.25, 0.3) is 10.4 Å². The van der Waals surface area contributed by atoms with Crippen molar-refractivity contribution < 1.29 is 52.2 Å². The average molecular weight is 1680 g/mol. The lowest BCUT2D eigenvalue weighted by Crippen LogP contribution is -2.67. The van der Waals surface area contributed by atoms with Crippen molar-refractivity contribution >= 4 is 95.6 Å². The Morgan fingerprint density at radius 2 is 0.822 bits per heavy atom. The van der Waals surface area contributed by atoms with Crippen LogP contribution in [0.5, 0.6) is 0 Å². The molecule has 6 aromatic carbocycles. The van der Waals surface area contributed by atoms with E-state index >= 15 is 0 Å². The first kappa shape index (κ1) is 97.8. The molecule has 0 aliphatic rings. The van der Waals surface area contributed by atoms with Crippen LogP contribution in [0.2, 0.25) is 10.1 Å². The van der Waals surface area contributed by atoms with Gasteiger partial charge >= 0.3 is 11.9 Å². The van der Waals surface area contributed by atoms with Gasteiger partial charge in [0.25, 0.3) is 28.4 Å². The number of nitrogens with one attached hydrogen (secondary N) is 2. The minimum absolute atomic E-state index is 0.0222. The van der Waals surface area contributed by atoms with Crippen molar-refractivity contribution in [3.8, 4) is 0 Å². The molecule has 0 unspecified atom stereocenters. The normalized spacial score (nSPS) is 14.3. The number of esters is 2. The maximum Gasteiger partial charge on any atom is 0.303 e. The van der Waals surface area contributed by atoms with E-state index in [1.807, 2.05) is 133 Å². The lowest BCUT2D eigenvalue weighted by Gasteiger charge is -2.43. The van der Waals surface area contributed by atoms with Crippen LogP contribution in [-0.4, -0.2) is 147 Å². The first-order chi connectivity index (χ1) is 56.3. The number of rotatable bonds is 41. The number of nitrogens with zero attached hydrogens (tertiary/aromatic N) is 7. The number of thiazole rings is 2. The lowest BCUT2D eigenvalue weighted by molar-refractivity contribution is -0.150. The molecule has 0 fully saturated rings. The summed E-state index contributed by atoms with van der Waals surface area (Å²) in [5.74, 6) is -2.14. The molecule has 638 valence electrons. The minimum atomic E-state index is -2.92. The Bertz CT molecular complexity index is 4320. The van der Waals surface area contributed by atoms with Gasteiger partial charge in [0.05, 0.1) is 31.3 Å². The topological polar surface area (TPSA) is 291 Å². The number of aliphatic hydroxyl groups is 1. The minimum Gasteiger partial charge on any atom is -0.455 e. The van der Waals surface area contributed by atoms with Crippen molar-refractivity contribution in [1.82, 2.24) is 30.4 Å². The van der Waals surface area contributed by atoms with Gasteiger partial charge in [0, 0.05) is 74.6 Å². The second kappa shape index (κ2) is 47.7. The van der Waals surface area contributed by atoms with Crippen LogP contribution < -0.4 is 37.1 Å². The summed E-state index contributed by atoms with van der Waals surface area (Å²) >= 11 is 2.52. The van der Waals surface area contributed by atoms with Crippen molar-refractivity contribution in [3.63, 3.8) is 0 Å². The molecule has 8 aromatic rings. The fraction of sp³-hybridized carbons (Fsp3) is 0.484. The van der Waals surface area contributed by atoms with E-state index < -0.39 is 58.9 Å². The Labute approximate surface area is 711 Å². The van der Waals surface area contributed by atoms with Crippen molar-refractivity contribution in [2.24, 2.45) is 34.5 Å². The summed E-state index contributed by atoms with van der Waals surface area (Å²) in [5.41, 5.74) is 18.4. The van der Waals surface area contributed by atoms with Gasteiger partial charge < -0.3 is 49.6 Å². The van der Waals surface area contributed by atoms with Gasteiger partial charge in [-0.3, -0.25) is 28.8 Å². The van der Waals surface area contributed by atoms with Crippen LogP contribution in [0, 0.1) is 23.7 Å². The number of ether oxygens (including phenoxy) is 2. The molecule has 0 aliphatic heterocycles. The Balaban J connectivity index is 0.000000359. The molecular formula is C93H130N10O11S2Si2. The zero-order valence-corrected chi connectivity index (χ0v) is 76.6. The smallest absolute Gasteiger partial charge is 0.303 e. The Morgan fingerprint density at radius 1 is 0.508 bits per heavy atom. The molecule has 0 saturated carbocycles. The van der Waals surface area contributed by atoms with E-state index in [1.54, 1.807) is 15.7 Å². The van der Waals surface area contributed by atoms with Crippen molar-refractivity contribution in [2.75, 3.05) is 33.4 Å². The number of aliphatic hydroxyl groups excluding tert-OH is 1. The molecule has 10 atom stereocenters. The predicted octanol–water partition coefficient (Wildman–Crippen LogP) is 16.3. The highest BCUT2D eigenvalue weighted by molar-refractivity contribution is 7.10. The van der Waals surface area contributed by atoms with E-state index in [-0.39, 0.29) is 107 Å². The first-order valence-corrected chi connectivity index (χ1v) is 47.2. The van der Waals surface area contributed by atoms with Crippen LogP contribution in [0.4, 0.5) is 0 Å². The van der Waals surface area contributed by atoms with Gasteiger partial charge in [0.2, 0.25) is 11.8 Å². The number of nitrogens with two attached hydrogens (primary N) is 1. The quantitative estimate of drug-likeness (QED) is 0.00911. The number of carbonyl (C=O) groups excluding carboxylic acids is 6. The molecular weight excluding hydrogens is 1550 g/mol. The standard InChI is InChI=1S/C46H62N6O5SSi.C46H64N4O5SSi.CH4O/c1-10-27-52(45(55)42(50-51-47)33(5)11-2)40(32(3)4)29-41(57-34(6)53)44-49-39(31-58-44)43(54)48-36(28-35-21-15-12-16-22-35)30-56-59(46(7,8)9,37-23-17-13-18-24-37)38-25-19-14-20-26-38;1-10-27-50(45(53)42(47)33(5)11-2)40(32(3)4)29-41(55-34(6)51)44-49-39(31-56-44)43(52)48-36(28-35-21-15-12-16-22-35)30-54-57(46(7,8)9,37-23-17-13-18-24-37)38-25-19-14-20-26-38;1-2/h12-26,31-33,36,40-42H,10-11,27-30H2,1-9H3,(H,48,54);12-26,31-33,36,40-42H,10-11,27-30,47H2,1-9H3,(H,48,52);2H,1H3/t2*33-,36-,40+,41+,42-;/m00./s1. The van der Waals surface area contributed by atoms with Gasteiger partial charge in [0.15, 0.2) is 12.2 Å². The van der Waals surface area contributed by atoms with Gasteiger partial charge in [-0.15, -0.1) is 22.7 Å². The van der Waals surface area contributed by atoms with Gasteiger partial charge in [-0.25, -0.2) is 9.97 Å². The molecule has 5 N–H and O–H groups in total. The summed E-state index contributed by atoms with van der Waals surface area (Å²) in [7, 11) is -4.82. The van der Waals surface area contributed by atoms with Crippen LogP contribution in [0.1, 0.15) is 217 Å². The number of carbonyl (C=O) groups is 6. The maximum absolute atomic E-state index is 14.2. The highest BCUT2D eigenvalue weighted by Crippen LogP contribution is 2.40. The average Bonchev–Trinajstić information content (AvgIpc) is 0.899. The third-order valence-electron chi connectivity index (χ3n) is 21.7. The van der Waals surface area contributed by atoms with Crippen molar-refractivity contribution in [1.29, 1.82) is 0 Å². The molecule has 21 nitrogen and oxygen atoms in total. The molecule has 0 bridgehead atoms. The molecule has 4 amide bonds. The molecule has 0 aliphatic carbocycles. The number of benzene rings is 6. The van der Waals surface area contributed by atoms with Crippen molar-refractivity contribution in [3.05, 3.63) is 236 Å². The first-order valence-electron chi connectivity index (χ1n) is 41.6. The summed E-state index contributed by atoms with van der Waals surface area (Å²) in [4.78, 5) is 97.4. The molecule has 0 saturated heterocycles. The number of azide groups is 1. The van der Waals surface area contributed by atoms with Crippen molar-refractivity contribution in [2.45, 2.75) is 235 Å². The molecule has 118 heavy (non-hydrogen) atoms. The maximum atomic E-state index is 14.2. The Hall–Kier alpha value is -9.02. The van der Waals surface area contributed by atoms with Gasteiger partial charge in [-0.05, 0) is 96.8 Å². The lowest BCUT2D eigenvalue weighted by atomic mass is 9.92. The Kier molecular flexibility index (Phi) is 39.5. The van der Waals surface area contributed by atoms with Crippen LogP contribution in [0.15, 0.2) is 198 Å². The molecule has 0 spiro atoms. The fourth-order valence-corrected chi connectivity index (χ4v) is 26.2. The third kappa shape index (κ3) is 26.7. The van der Waals surface area contributed by atoms with Crippen LogP contribution in [-0.2, 0) is 50.3 Å². The predicted molar refractivity (Wildman–Crippen MR) is 482 cm³/mol. The SMILES string of the molecule is CCCN(C(=O)[C@@H](N)[C@@H](C)CC)[C@H](C[C@@H](OC(C)=O)c1nc(C(=O)N[C@H](CO[Si](c2ccccc2)(c2ccccc2)C(C)(C)C)Cc2ccccc2)cs1)C(C)C.CCCN(C(=O)[C@@H](N=[N+]=[N-])[C@@H](C)CC)[C@H](C[C@@H](OC(C)=O)c1nc(C(=O)N[C@H](CO[Si](c2ccccc2)(c2ccccc2)C(C)(C)C)Cc2ccccc2)cs1)C(C)C.CO. The van der Waals surface area contributed by atoms with E-state index in [4.69, 9.17) is 39.1 Å². The van der Waals surface area contributed by atoms with E-state index in [1.165, 1.54) is 36.5 Å². The zero-order chi connectivity index (χ0) is 86.9. The summed E-state index contributed by atoms with van der Waals surface area (Å²) in [5, 5.41) is 25.9. The third-order valence-corrected chi connectivity index (χ3v) is 33.6. The van der Waals surface area contributed by atoms with Gasteiger partial charge in [-0.2, -0.15) is 0 Å². The summed E-state index contributed by atoms with van der Waals surface area (Å²) in [6, 6.07) is 59.0. The highest BCUT2D eigenvalue weighted by atomic mass is 32.1. The van der Waals surface area contributed by atoms with Gasteiger partial charge in [0.1, 0.15) is 27.4 Å². The second-order valence-corrected chi connectivity index (χ2v) is 43.5. The van der Waals surface area contributed by atoms with Gasteiger partial charge in [-0.1, -0.05) is 311 Å². The molecule has 2 aromatic heterocycles. The molecule has 8 rings (SSSR count). The number of hydrogen-bond donors (Lipinski definition) is 4. The Morgan fingerprint density at radius 3 is 1.10 bits per heavy atom. The molecule has 2 heterocycles. The summed E-state index contributed by atoms with van der Waals surface area (Å²) in [6.45, 7) is 37.7. The molecule has 25 heteroatoms. The monoisotopic (exact) mass is 1680 g/mol. The summed E-state index contributed by atoms with van der Waals surface area (Å²) < 4.78 is 26.4. The number of hydrogen-bond acceptors (Lipinski definition) is 17. The van der Waals surface area contributed by atoms with Crippen LogP contribution in [0.3, 0.4) is 0 Å². The van der Waals surface area contributed by atoms with E-state index in [9.17, 15) is 34.3 Å². The zero-order valence-electron chi connectivity index (χ0n) is 72.9. The van der Waals surface area contributed by atoms with Crippen LogP contribution >= 0.6 is 22.7 Å². The highest BCUT2D eigenvalue weighted by Gasteiger charge is 2.52. The fourth-order valence-electron chi connectivity index (χ4n) is 15.3. The van der Waals surface area contributed by atoms with E-state index in [2.05, 4.69) is 185 Å². The summed E-state index contributed by atoms with van der Waals surface area (Å²) in [6.07, 6.45) is 2.98. The van der Waals surface area contributed by atoms with E-state index in [0.29, 0.717) is 55.2 Å². The number of amides is 4. The van der Waals surface area contributed by atoms with E-state index in [0.717, 1.165) is 51.8 Å². The number of aromatic nitrogens is 2. The molecule has 0 radical (unpaired) electrons. The second-order valence-electron chi connectivity index (χ2n) is 33.1. The largest absolute Gasteiger partial charge is 0.455 e.